The van der Waals surface area contributed by atoms with Gasteiger partial charge < -0.3 is 10.8 Å². The third-order valence-corrected chi connectivity index (χ3v) is 2.16. The minimum atomic E-state index is -0.501. The van der Waals surface area contributed by atoms with Crippen molar-refractivity contribution >= 4 is 5.69 Å². The molecule has 0 aliphatic carbocycles. The third kappa shape index (κ3) is 1.21. The van der Waals surface area contributed by atoms with E-state index >= 15 is 0 Å². The minimum Gasteiger partial charge on any atom is -0.493 e. The van der Waals surface area contributed by atoms with E-state index < -0.39 is 5.56 Å². The second kappa shape index (κ2) is 3.42. The highest BCUT2D eigenvalue weighted by Crippen LogP contribution is 2.23. The zero-order valence-corrected chi connectivity index (χ0v) is 8.03. The van der Waals surface area contributed by atoms with E-state index in [2.05, 4.69) is 0 Å². The predicted molar refractivity (Wildman–Crippen MR) is 51.9 cm³/mol. The molecule has 1 aromatic rings. The van der Waals surface area contributed by atoms with Gasteiger partial charge in [-0.1, -0.05) is 0 Å². The molecule has 0 fully saturated rings. The van der Waals surface area contributed by atoms with Crippen LogP contribution < -0.4 is 11.3 Å². The molecule has 0 spiro atoms. The van der Waals surface area contributed by atoms with Crippen molar-refractivity contribution in [1.29, 1.82) is 5.26 Å². The first-order chi connectivity index (χ1) is 6.54. The molecule has 1 rings (SSSR count). The van der Waals surface area contributed by atoms with Gasteiger partial charge >= 0.3 is 0 Å². The number of aromatic hydroxyl groups is 1. The normalized spacial score (nSPS) is 9.79. The lowest BCUT2D eigenvalue weighted by Crippen LogP contribution is -2.24. The molecule has 0 radical (unpaired) electrons. The lowest BCUT2D eigenvalue weighted by molar-refractivity contribution is 0.413. The van der Waals surface area contributed by atoms with Gasteiger partial charge in [0.05, 0.1) is 5.69 Å². The van der Waals surface area contributed by atoms with E-state index in [-0.39, 0.29) is 23.7 Å². The molecule has 5 nitrogen and oxygen atoms in total. The summed E-state index contributed by atoms with van der Waals surface area (Å²) >= 11 is 0. The van der Waals surface area contributed by atoms with Crippen molar-refractivity contribution in [2.24, 2.45) is 0 Å². The molecule has 0 saturated heterocycles. The van der Waals surface area contributed by atoms with Crippen LogP contribution in [-0.2, 0) is 6.54 Å². The molecule has 0 aliphatic heterocycles. The Kier molecular flexibility index (Phi) is 2.47. The second-order valence-electron chi connectivity index (χ2n) is 2.90. The Morgan fingerprint density at radius 1 is 1.64 bits per heavy atom. The summed E-state index contributed by atoms with van der Waals surface area (Å²) in [5.74, 6) is -0.269. The topological polar surface area (TPSA) is 92.0 Å². The number of aromatic nitrogens is 1. The largest absolute Gasteiger partial charge is 0.493 e. The predicted octanol–water partition coefficient (Wildman–Crippen LogP) is 0.336. The van der Waals surface area contributed by atoms with Gasteiger partial charge in [0, 0.05) is 12.1 Å². The Hall–Kier alpha value is -1.96. The van der Waals surface area contributed by atoms with Crippen LogP contribution in [0.1, 0.15) is 18.1 Å². The van der Waals surface area contributed by atoms with Gasteiger partial charge in [0.25, 0.3) is 5.56 Å². The average Bonchev–Trinajstić information content (AvgIpc) is 2.16. The van der Waals surface area contributed by atoms with E-state index in [1.807, 2.05) is 0 Å². The summed E-state index contributed by atoms with van der Waals surface area (Å²) in [6.07, 6.45) is 0. The van der Waals surface area contributed by atoms with E-state index in [0.29, 0.717) is 5.56 Å². The number of rotatable bonds is 1. The number of pyridine rings is 1. The second-order valence-corrected chi connectivity index (χ2v) is 2.90. The van der Waals surface area contributed by atoms with Gasteiger partial charge in [-0.2, -0.15) is 5.26 Å². The Balaban J connectivity index is 3.76. The van der Waals surface area contributed by atoms with Crippen LogP contribution in [0, 0.1) is 18.3 Å². The van der Waals surface area contributed by atoms with E-state index in [4.69, 9.17) is 11.0 Å². The van der Waals surface area contributed by atoms with Crippen molar-refractivity contribution in [3.8, 4) is 11.9 Å². The van der Waals surface area contributed by atoms with Crippen LogP contribution in [0.2, 0.25) is 0 Å². The molecule has 0 atom stereocenters. The number of nitrogens with two attached hydrogens (primary N) is 1. The highest BCUT2D eigenvalue weighted by molar-refractivity contribution is 5.59. The van der Waals surface area contributed by atoms with E-state index in [9.17, 15) is 9.90 Å². The Morgan fingerprint density at radius 2 is 2.21 bits per heavy atom. The molecule has 14 heavy (non-hydrogen) atoms. The third-order valence-electron chi connectivity index (χ3n) is 2.16. The Morgan fingerprint density at radius 3 is 2.64 bits per heavy atom. The zero-order valence-electron chi connectivity index (χ0n) is 8.03. The van der Waals surface area contributed by atoms with E-state index in [0.717, 1.165) is 4.57 Å². The minimum absolute atomic E-state index is 0.0119. The molecular weight excluding hydrogens is 182 g/mol. The molecule has 0 aromatic carbocycles. The van der Waals surface area contributed by atoms with E-state index in [1.165, 1.54) is 6.92 Å². The first kappa shape index (κ1) is 10.1. The summed E-state index contributed by atoms with van der Waals surface area (Å²) in [5.41, 5.74) is 5.45. The molecule has 74 valence electrons. The van der Waals surface area contributed by atoms with E-state index in [1.54, 1.807) is 13.0 Å². The maximum absolute atomic E-state index is 11.5. The zero-order chi connectivity index (χ0) is 10.9. The summed E-state index contributed by atoms with van der Waals surface area (Å²) in [7, 11) is 0. The van der Waals surface area contributed by atoms with Gasteiger partial charge in [0.15, 0.2) is 0 Å². The lowest BCUT2D eigenvalue weighted by atomic mass is 10.1. The highest BCUT2D eigenvalue weighted by atomic mass is 16.3. The van der Waals surface area contributed by atoms with Gasteiger partial charge in [-0.25, -0.2) is 0 Å². The number of hydrogen-bond acceptors (Lipinski definition) is 4. The standard InChI is InChI=1S/C9H11N3O2/c1-3-12-8(13)6(4-10)5(2)7(11)9(12)14/h14H,3,11H2,1-2H3. The van der Waals surface area contributed by atoms with Crippen LogP contribution in [0.15, 0.2) is 4.79 Å². The van der Waals surface area contributed by atoms with Crippen LogP contribution in [0.25, 0.3) is 0 Å². The van der Waals surface area contributed by atoms with Crippen LogP contribution in [-0.4, -0.2) is 9.67 Å². The summed E-state index contributed by atoms with van der Waals surface area (Å²) in [6.45, 7) is 3.51. The van der Waals surface area contributed by atoms with Gasteiger partial charge in [0.2, 0.25) is 5.88 Å². The molecule has 0 amide bonds. The average molecular weight is 193 g/mol. The van der Waals surface area contributed by atoms with Crippen LogP contribution >= 0.6 is 0 Å². The number of nitriles is 1. The summed E-state index contributed by atoms with van der Waals surface area (Å²) < 4.78 is 1.07. The van der Waals surface area contributed by atoms with Gasteiger partial charge in [-0.05, 0) is 13.8 Å². The van der Waals surface area contributed by atoms with Gasteiger partial charge in [-0.3, -0.25) is 9.36 Å². The fraction of sp³-hybridized carbons (Fsp3) is 0.333. The molecule has 0 unspecified atom stereocenters. The fourth-order valence-corrected chi connectivity index (χ4v) is 1.26. The molecule has 1 heterocycles. The monoisotopic (exact) mass is 193 g/mol. The van der Waals surface area contributed by atoms with Crippen molar-refractivity contribution in [3.63, 3.8) is 0 Å². The quantitative estimate of drug-likeness (QED) is 0.672. The SMILES string of the molecule is CCn1c(O)c(N)c(C)c(C#N)c1=O. The van der Waals surface area contributed by atoms with Crippen LogP contribution in [0.5, 0.6) is 5.88 Å². The molecule has 3 N–H and O–H groups in total. The molecule has 0 saturated carbocycles. The molecule has 0 bridgehead atoms. The summed E-state index contributed by atoms with van der Waals surface area (Å²) in [4.78, 5) is 11.5. The first-order valence-electron chi connectivity index (χ1n) is 4.16. The summed E-state index contributed by atoms with van der Waals surface area (Å²) in [5, 5.41) is 18.2. The van der Waals surface area contributed by atoms with Gasteiger partial charge in [0.1, 0.15) is 11.6 Å². The first-order valence-corrected chi connectivity index (χ1v) is 4.16. The fourth-order valence-electron chi connectivity index (χ4n) is 1.26. The number of nitrogens with zero attached hydrogens (tertiary/aromatic N) is 2. The van der Waals surface area contributed by atoms with Crippen molar-refractivity contribution in [3.05, 3.63) is 21.5 Å². The Labute approximate surface area is 81.0 Å². The number of anilines is 1. The number of hydrogen-bond donors (Lipinski definition) is 2. The van der Waals surface area contributed by atoms with Gasteiger partial charge in [-0.15, -0.1) is 0 Å². The van der Waals surface area contributed by atoms with Crippen LogP contribution in [0.4, 0.5) is 5.69 Å². The smallest absolute Gasteiger partial charge is 0.271 e. The van der Waals surface area contributed by atoms with Crippen molar-refractivity contribution < 1.29 is 5.11 Å². The number of nitrogen functional groups attached to an aromatic ring is 1. The molecular formula is C9H11N3O2. The maximum Gasteiger partial charge on any atom is 0.271 e. The van der Waals surface area contributed by atoms with Crippen molar-refractivity contribution in [2.45, 2.75) is 20.4 Å². The lowest BCUT2D eigenvalue weighted by Gasteiger charge is -2.10. The highest BCUT2D eigenvalue weighted by Gasteiger charge is 2.15. The molecule has 1 aromatic heterocycles. The summed E-state index contributed by atoms with van der Waals surface area (Å²) in [6, 6.07) is 1.78. The maximum atomic E-state index is 11.5. The molecule has 5 heteroatoms. The van der Waals surface area contributed by atoms with Crippen molar-refractivity contribution in [2.75, 3.05) is 5.73 Å². The Bertz CT molecular complexity index is 468. The van der Waals surface area contributed by atoms with Crippen molar-refractivity contribution in [1.82, 2.24) is 4.57 Å². The molecule has 0 aliphatic rings. The van der Waals surface area contributed by atoms with Crippen LogP contribution in [0.3, 0.4) is 0 Å².